The predicted octanol–water partition coefficient (Wildman–Crippen LogP) is 6.06. The van der Waals surface area contributed by atoms with Gasteiger partial charge in [-0.05, 0) is 53.4 Å². The van der Waals surface area contributed by atoms with Crippen molar-refractivity contribution in [2.24, 2.45) is 5.92 Å². The van der Waals surface area contributed by atoms with Crippen molar-refractivity contribution >= 4 is 27.3 Å². The summed E-state index contributed by atoms with van der Waals surface area (Å²) < 4.78 is 66.4. The van der Waals surface area contributed by atoms with Crippen molar-refractivity contribution in [3.05, 3.63) is 83.3 Å². The molecule has 0 aliphatic rings. The zero-order chi connectivity index (χ0) is 28.5. The quantitative estimate of drug-likeness (QED) is 0.288. The molecule has 0 spiro atoms. The van der Waals surface area contributed by atoms with Gasteiger partial charge >= 0.3 is 6.18 Å². The van der Waals surface area contributed by atoms with Crippen molar-refractivity contribution < 1.29 is 26.4 Å². The van der Waals surface area contributed by atoms with Crippen molar-refractivity contribution in [2.45, 2.75) is 24.9 Å². The number of hydrogen-bond acceptors (Lipinski definition) is 5. The first-order chi connectivity index (χ1) is 18.3. The van der Waals surface area contributed by atoms with Crippen LogP contribution in [0.15, 0.2) is 71.8 Å². The van der Waals surface area contributed by atoms with Gasteiger partial charge in [0.1, 0.15) is 0 Å². The van der Waals surface area contributed by atoms with Crippen LogP contribution in [0.2, 0.25) is 5.02 Å². The van der Waals surface area contributed by atoms with Crippen LogP contribution in [0.3, 0.4) is 0 Å². The highest BCUT2D eigenvalue weighted by Crippen LogP contribution is 2.37. The standard InChI is InChI=1S/C27H24ClF3N4O3S/c1-16(2)15-33-26(36)22-14-24(35(34-22)23-8-5-11-32-25(23)27(29,30)31)20-10-9-18(13-21(20)28)17-6-4-7-19(12-17)39(3,37)38/h4-14,16H,15H2,1-3H3,(H,33,36). The number of nitrogens with zero attached hydrogens (tertiary/aromatic N) is 3. The van der Waals surface area contributed by atoms with Gasteiger partial charge in [0.2, 0.25) is 0 Å². The molecule has 0 aliphatic carbocycles. The summed E-state index contributed by atoms with van der Waals surface area (Å²) >= 11 is 6.63. The molecule has 39 heavy (non-hydrogen) atoms. The van der Waals surface area contributed by atoms with E-state index in [1.165, 1.54) is 30.3 Å². The maximum Gasteiger partial charge on any atom is 0.435 e. The second-order valence-corrected chi connectivity index (χ2v) is 11.7. The molecule has 0 atom stereocenters. The molecule has 4 rings (SSSR count). The molecule has 4 aromatic rings. The van der Waals surface area contributed by atoms with Gasteiger partial charge in [-0.15, -0.1) is 0 Å². The Hall–Kier alpha value is -3.70. The van der Waals surface area contributed by atoms with E-state index in [9.17, 15) is 26.4 Å². The lowest BCUT2D eigenvalue weighted by Crippen LogP contribution is -2.27. The molecular formula is C27H24ClF3N4O3S. The van der Waals surface area contributed by atoms with E-state index in [4.69, 9.17) is 11.6 Å². The van der Waals surface area contributed by atoms with E-state index in [0.717, 1.165) is 17.1 Å². The van der Waals surface area contributed by atoms with Crippen LogP contribution in [0, 0.1) is 5.92 Å². The summed E-state index contributed by atoms with van der Waals surface area (Å²) in [6, 6.07) is 15.0. The second kappa shape index (κ2) is 10.8. The number of sulfone groups is 1. The fourth-order valence-corrected chi connectivity index (χ4v) is 4.79. The Morgan fingerprint density at radius 2 is 1.77 bits per heavy atom. The van der Waals surface area contributed by atoms with E-state index >= 15 is 0 Å². The smallest absolute Gasteiger partial charge is 0.350 e. The molecule has 7 nitrogen and oxygen atoms in total. The maximum atomic E-state index is 13.8. The number of carbonyl (C=O) groups is 1. The first kappa shape index (κ1) is 28.3. The predicted molar refractivity (Wildman–Crippen MR) is 143 cm³/mol. The van der Waals surface area contributed by atoms with Gasteiger partial charge in [-0.3, -0.25) is 4.79 Å². The third-order valence-electron chi connectivity index (χ3n) is 5.74. The fourth-order valence-electron chi connectivity index (χ4n) is 3.85. The van der Waals surface area contributed by atoms with Gasteiger partial charge in [0.05, 0.1) is 21.3 Å². The summed E-state index contributed by atoms with van der Waals surface area (Å²) in [4.78, 5) is 16.4. The summed E-state index contributed by atoms with van der Waals surface area (Å²) in [5, 5.41) is 7.08. The molecule has 0 bridgehead atoms. The molecule has 0 fully saturated rings. The molecule has 2 aromatic heterocycles. The van der Waals surface area contributed by atoms with Crippen molar-refractivity contribution in [1.29, 1.82) is 0 Å². The summed E-state index contributed by atoms with van der Waals surface area (Å²) in [7, 11) is -3.44. The molecule has 2 aromatic carbocycles. The molecule has 0 radical (unpaired) electrons. The minimum atomic E-state index is -4.78. The number of halogens is 4. The average Bonchev–Trinajstić information content (AvgIpc) is 3.31. The Morgan fingerprint density at radius 1 is 1.05 bits per heavy atom. The largest absolute Gasteiger partial charge is 0.435 e. The van der Waals surface area contributed by atoms with Crippen molar-refractivity contribution in [1.82, 2.24) is 20.1 Å². The lowest BCUT2D eigenvalue weighted by atomic mass is 10.0. The first-order valence-electron chi connectivity index (χ1n) is 11.8. The van der Waals surface area contributed by atoms with Gasteiger partial charge < -0.3 is 5.32 Å². The average molecular weight is 577 g/mol. The van der Waals surface area contributed by atoms with Crippen LogP contribution < -0.4 is 5.32 Å². The minimum absolute atomic E-state index is 0.0939. The van der Waals surface area contributed by atoms with Gasteiger partial charge in [-0.2, -0.15) is 18.3 Å². The molecule has 0 saturated heterocycles. The fraction of sp³-hybridized carbons (Fsp3) is 0.222. The minimum Gasteiger partial charge on any atom is -0.350 e. The van der Waals surface area contributed by atoms with Crippen molar-refractivity contribution in [3.63, 3.8) is 0 Å². The SMILES string of the molecule is CC(C)CNC(=O)c1cc(-c2ccc(-c3cccc(S(C)(=O)=O)c3)cc2Cl)n(-c2cccnc2C(F)(F)F)n1. The van der Waals surface area contributed by atoms with Gasteiger partial charge in [0.25, 0.3) is 5.91 Å². The van der Waals surface area contributed by atoms with Crippen LogP contribution in [0.1, 0.15) is 30.0 Å². The normalized spacial score (nSPS) is 12.1. The van der Waals surface area contributed by atoms with E-state index in [0.29, 0.717) is 23.2 Å². The monoisotopic (exact) mass is 576 g/mol. The summed E-state index contributed by atoms with van der Waals surface area (Å²) in [6.45, 7) is 4.16. The molecule has 1 amide bonds. The van der Waals surface area contributed by atoms with Crippen LogP contribution in [-0.2, 0) is 16.0 Å². The Labute approximate surface area is 228 Å². The number of aromatic nitrogens is 3. The molecule has 0 saturated carbocycles. The highest BCUT2D eigenvalue weighted by atomic mass is 35.5. The van der Waals surface area contributed by atoms with E-state index in [2.05, 4.69) is 15.4 Å². The van der Waals surface area contributed by atoms with Gasteiger partial charge in [0.15, 0.2) is 21.2 Å². The Kier molecular flexibility index (Phi) is 7.85. The van der Waals surface area contributed by atoms with E-state index in [-0.39, 0.29) is 32.9 Å². The third-order valence-corrected chi connectivity index (χ3v) is 7.16. The van der Waals surface area contributed by atoms with Gasteiger partial charge in [0, 0.05) is 24.6 Å². The van der Waals surface area contributed by atoms with Crippen LogP contribution >= 0.6 is 11.6 Å². The molecule has 1 N–H and O–H groups in total. The molecule has 2 heterocycles. The first-order valence-corrected chi connectivity index (χ1v) is 14.0. The van der Waals surface area contributed by atoms with Crippen LogP contribution in [0.5, 0.6) is 0 Å². The molecule has 204 valence electrons. The number of hydrogen-bond donors (Lipinski definition) is 1. The summed E-state index contributed by atoms with van der Waals surface area (Å²) in [5.41, 5.74) is -0.00844. The number of amides is 1. The Morgan fingerprint density at radius 3 is 2.41 bits per heavy atom. The molecule has 12 heteroatoms. The van der Waals surface area contributed by atoms with E-state index in [1.54, 1.807) is 30.3 Å². The molecule has 0 unspecified atom stereocenters. The number of alkyl halides is 3. The second-order valence-electron chi connectivity index (χ2n) is 9.29. The zero-order valence-corrected chi connectivity index (χ0v) is 22.7. The number of rotatable bonds is 7. The van der Waals surface area contributed by atoms with E-state index < -0.39 is 27.6 Å². The van der Waals surface area contributed by atoms with Crippen LogP contribution in [0.25, 0.3) is 28.1 Å². The van der Waals surface area contributed by atoms with E-state index in [1.807, 2.05) is 13.8 Å². The third kappa shape index (κ3) is 6.31. The Balaban J connectivity index is 1.86. The van der Waals surface area contributed by atoms with Crippen molar-refractivity contribution in [2.75, 3.05) is 12.8 Å². The summed E-state index contributed by atoms with van der Waals surface area (Å²) in [6.07, 6.45) is -2.65. The number of pyridine rings is 1. The lowest BCUT2D eigenvalue weighted by molar-refractivity contribution is -0.141. The Bertz CT molecular complexity index is 1650. The highest BCUT2D eigenvalue weighted by Gasteiger charge is 2.37. The number of nitrogens with one attached hydrogen (secondary N) is 1. The van der Waals surface area contributed by atoms with Gasteiger partial charge in [-0.1, -0.05) is 49.7 Å². The van der Waals surface area contributed by atoms with Crippen LogP contribution in [-0.4, -0.2) is 41.9 Å². The van der Waals surface area contributed by atoms with Gasteiger partial charge in [-0.25, -0.2) is 18.1 Å². The maximum absolute atomic E-state index is 13.8. The van der Waals surface area contributed by atoms with Crippen molar-refractivity contribution in [3.8, 4) is 28.1 Å². The topological polar surface area (TPSA) is 94.0 Å². The molecular weight excluding hydrogens is 553 g/mol. The van der Waals surface area contributed by atoms with Crippen LogP contribution in [0.4, 0.5) is 13.2 Å². The number of benzene rings is 2. The lowest BCUT2D eigenvalue weighted by Gasteiger charge is -2.15. The zero-order valence-electron chi connectivity index (χ0n) is 21.1. The number of carbonyl (C=O) groups excluding carboxylic acids is 1. The molecule has 0 aliphatic heterocycles. The highest BCUT2D eigenvalue weighted by molar-refractivity contribution is 7.90. The summed E-state index contributed by atoms with van der Waals surface area (Å²) in [5.74, 6) is -0.402.